The van der Waals surface area contributed by atoms with E-state index < -0.39 is 8.32 Å². The topological polar surface area (TPSA) is 18.5 Å². The Balaban J connectivity index is 3.69. The highest BCUT2D eigenvalue weighted by Gasteiger charge is 2.26. The maximum absolute atomic E-state index is 5.56. The lowest BCUT2D eigenvalue weighted by Gasteiger charge is -2.23. The van der Waals surface area contributed by atoms with Crippen molar-refractivity contribution in [1.82, 2.24) is 0 Å². The maximum Gasteiger partial charge on any atom is 0.224 e. The summed E-state index contributed by atoms with van der Waals surface area (Å²) in [6.07, 6.45) is 0.740. The normalized spacial score (nSPS) is 16.8. The molecule has 4 heteroatoms. The quantitative estimate of drug-likeness (QED) is 0.507. The first kappa shape index (κ1) is 10.5. The zero-order valence-electron chi connectivity index (χ0n) is 6.89. The third-order valence-electron chi connectivity index (χ3n) is 1.28. The van der Waals surface area contributed by atoms with Crippen LogP contribution in [-0.4, -0.2) is 33.6 Å². The fraction of sp³-hybridized carbons (Fsp3) is 1.00. The van der Waals surface area contributed by atoms with E-state index in [1.165, 1.54) is 0 Å². The van der Waals surface area contributed by atoms with E-state index in [-0.39, 0.29) is 0 Å². The van der Waals surface area contributed by atoms with Crippen LogP contribution in [-0.2, 0) is 9.16 Å². The van der Waals surface area contributed by atoms with Crippen LogP contribution < -0.4 is 0 Å². The Morgan fingerprint density at radius 2 is 2.10 bits per heavy atom. The van der Waals surface area contributed by atoms with Crippen molar-refractivity contribution in [2.45, 2.75) is 13.5 Å². The predicted molar refractivity (Wildman–Crippen MR) is 49.0 cm³/mol. The van der Waals surface area contributed by atoms with Gasteiger partial charge in [0.25, 0.3) is 0 Å². The van der Waals surface area contributed by atoms with Gasteiger partial charge in [-0.3, -0.25) is 0 Å². The smallest absolute Gasteiger partial charge is 0.224 e. The van der Waals surface area contributed by atoms with Gasteiger partial charge in [0.1, 0.15) is 0 Å². The minimum atomic E-state index is -1.58. The zero-order chi connectivity index (χ0) is 8.04. The highest BCUT2D eigenvalue weighted by atomic mass is 32.1. The van der Waals surface area contributed by atoms with E-state index in [4.69, 9.17) is 9.16 Å². The van der Waals surface area contributed by atoms with Crippen molar-refractivity contribution < 1.29 is 9.16 Å². The Kier molecular flexibility index (Phi) is 5.43. The molecular formula is C6H16O2SSi. The van der Waals surface area contributed by atoms with Crippen molar-refractivity contribution in [3.8, 4) is 0 Å². The molecule has 0 aliphatic heterocycles. The summed E-state index contributed by atoms with van der Waals surface area (Å²) in [4.78, 5) is 0. The van der Waals surface area contributed by atoms with Crippen LogP contribution in [0, 0.1) is 0 Å². The molecule has 0 aromatic carbocycles. The predicted octanol–water partition coefficient (Wildman–Crippen LogP) is 1.25. The standard InChI is InChI=1S/C6H16O2SSi/c1-4-8-10(3,6-9)5-7-2/h9H,4-6H2,1-3H3. The first-order valence-electron chi connectivity index (χ1n) is 3.42. The van der Waals surface area contributed by atoms with Gasteiger partial charge >= 0.3 is 0 Å². The Morgan fingerprint density at radius 1 is 1.50 bits per heavy atom. The molecule has 0 saturated heterocycles. The van der Waals surface area contributed by atoms with Crippen LogP contribution in [0.2, 0.25) is 6.55 Å². The van der Waals surface area contributed by atoms with Gasteiger partial charge in [-0.25, -0.2) is 0 Å². The molecule has 0 N–H and O–H groups in total. The largest absolute Gasteiger partial charge is 0.414 e. The van der Waals surface area contributed by atoms with E-state index >= 15 is 0 Å². The lowest BCUT2D eigenvalue weighted by molar-refractivity contribution is 0.213. The second-order valence-corrected chi connectivity index (χ2v) is 7.22. The molecule has 0 saturated carbocycles. The number of hydrogen-bond donors (Lipinski definition) is 1. The molecule has 0 radical (unpaired) electrons. The van der Waals surface area contributed by atoms with E-state index in [1.807, 2.05) is 6.92 Å². The fourth-order valence-electron chi connectivity index (χ4n) is 0.787. The molecular weight excluding hydrogens is 164 g/mol. The van der Waals surface area contributed by atoms with E-state index in [0.29, 0.717) is 0 Å². The third-order valence-corrected chi connectivity index (χ3v) is 5.84. The zero-order valence-corrected chi connectivity index (χ0v) is 8.78. The minimum absolute atomic E-state index is 0.740. The van der Waals surface area contributed by atoms with Gasteiger partial charge in [0.05, 0.1) is 6.23 Å². The highest BCUT2D eigenvalue weighted by molar-refractivity contribution is 7.82. The summed E-state index contributed by atoms with van der Waals surface area (Å²) in [5.41, 5.74) is 0. The molecule has 0 heterocycles. The van der Waals surface area contributed by atoms with Crippen molar-refractivity contribution in [2.75, 3.05) is 25.3 Å². The van der Waals surface area contributed by atoms with Crippen molar-refractivity contribution in [3.63, 3.8) is 0 Å². The molecule has 62 valence electrons. The SMILES string of the molecule is CCO[Si](C)(CS)COC. The molecule has 0 amide bonds. The van der Waals surface area contributed by atoms with Crippen LogP contribution in [0.25, 0.3) is 0 Å². The Morgan fingerprint density at radius 3 is 2.40 bits per heavy atom. The van der Waals surface area contributed by atoms with Crippen LogP contribution in [0.5, 0.6) is 0 Å². The Bertz CT molecular complexity index is 83.8. The Hall–Kier alpha value is 0.487. The van der Waals surface area contributed by atoms with Crippen LogP contribution in [0.4, 0.5) is 0 Å². The summed E-state index contributed by atoms with van der Waals surface area (Å²) in [6, 6.07) is 0. The van der Waals surface area contributed by atoms with Crippen molar-refractivity contribution >= 4 is 20.9 Å². The van der Waals surface area contributed by atoms with Gasteiger partial charge in [-0.1, -0.05) is 0 Å². The van der Waals surface area contributed by atoms with E-state index in [9.17, 15) is 0 Å². The molecule has 0 aliphatic rings. The van der Waals surface area contributed by atoms with E-state index in [0.717, 1.165) is 18.2 Å². The van der Waals surface area contributed by atoms with Crippen molar-refractivity contribution in [3.05, 3.63) is 0 Å². The van der Waals surface area contributed by atoms with Gasteiger partial charge in [0.15, 0.2) is 0 Å². The average molecular weight is 180 g/mol. The van der Waals surface area contributed by atoms with Gasteiger partial charge in [-0.15, -0.1) is 0 Å². The molecule has 0 aromatic rings. The summed E-state index contributed by atoms with van der Waals surface area (Å²) in [6.45, 7) is 4.91. The van der Waals surface area contributed by atoms with Gasteiger partial charge in [-0.05, 0) is 13.5 Å². The van der Waals surface area contributed by atoms with Crippen molar-refractivity contribution in [2.24, 2.45) is 0 Å². The summed E-state index contributed by atoms with van der Waals surface area (Å²) >= 11 is 4.23. The van der Waals surface area contributed by atoms with Crippen LogP contribution >= 0.6 is 12.6 Å². The number of thiol groups is 1. The summed E-state index contributed by atoms with van der Waals surface area (Å²) in [5, 5.41) is 0.828. The van der Waals surface area contributed by atoms with Crippen LogP contribution in [0.15, 0.2) is 0 Å². The molecule has 0 rings (SSSR count). The lowest BCUT2D eigenvalue weighted by atomic mass is 10.9. The molecule has 0 fully saturated rings. The molecule has 0 aliphatic carbocycles. The first-order chi connectivity index (χ1) is 4.68. The first-order valence-corrected chi connectivity index (χ1v) is 6.88. The minimum Gasteiger partial charge on any atom is -0.414 e. The summed E-state index contributed by atoms with van der Waals surface area (Å²) in [7, 11) is 0.121. The van der Waals surface area contributed by atoms with E-state index in [2.05, 4.69) is 19.2 Å². The molecule has 0 spiro atoms. The highest BCUT2D eigenvalue weighted by Crippen LogP contribution is 2.06. The third kappa shape index (κ3) is 3.61. The second kappa shape index (κ2) is 5.18. The molecule has 1 unspecified atom stereocenters. The number of hydrogen-bond acceptors (Lipinski definition) is 3. The summed E-state index contributed by atoms with van der Waals surface area (Å²) in [5.74, 6) is 0. The van der Waals surface area contributed by atoms with Crippen molar-refractivity contribution in [1.29, 1.82) is 0 Å². The Labute approximate surface area is 69.5 Å². The molecule has 2 nitrogen and oxygen atoms in total. The fourth-order valence-corrected chi connectivity index (χ4v) is 2.91. The summed E-state index contributed by atoms with van der Waals surface area (Å²) < 4.78 is 10.6. The maximum atomic E-state index is 5.56. The monoisotopic (exact) mass is 180 g/mol. The number of rotatable bonds is 5. The molecule has 10 heavy (non-hydrogen) atoms. The van der Waals surface area contributed by atoms with Crippen LogP contribution in [0.3, 0.4) is 0 Å². The molecule has 1 atom stereocenters. The lowest BCUT2D eigenvalue weighted by Crippen LogP contribution is -2.43. The van der Waals surface area contributed by atoms with Gasteiger partial charge in [0.2, 0.25) is 8.32 Å². The van der Waals surface area contributed by atoms with Gasteiger partial charge in [0, 0.05) is 19.1 Å². The number of methoxy groups -OCH3 is 1. The average Bonchev–Trinajstić information content (AvgIpc) is 1.89. The van der Waals surface area contributed by atoms with Gasteiger partial charge in [-0.2, -0.15) is 12.6 Å². The second-order valence-electron chi connectivity index (χ2n) is 2.47. The molecule has 0 bridgehead atoms. The number of ether oxygens (including phenoxy) is 1. The van der Waals surface area contributed by atoms with Gasteiger partial charge < -0.3 is 9.16 Å². The van der Waals surface area contributed by atoms with Crippen LogP contribution in [0.1, 0.15) is 6.92 Å². The van der Waals surface area contributed by atoms with E-state index in [1.54, 1.807) is 7.11 Å². The molecule has 0 aromatic heterocycles.